The average molecular weight is 261 g/mol. The summed E-state index contributed by atoms with van der Waals surface area (Å²) in [6, 6.07) is 1.56. The SMILES string of the molecule is CCN(CC)CCOc1nccc(CCl)c1F. The summed E-state index contributed by atoms with van der Waals surface area (Å²) in [5.74, 6) is -0.293. The summed E-state index contributed by atoms with van der Waals surface area (Å²) in [4.78, 5) is 6.06. The van der Waals surface area contributed by atoms with Gasteiger partial charge in [0.05, 0.1) is 5.88 Å². The predicted molar refractivity (Wildman–Crippen MR) is 67.0 cm³/mol. The lowest BCUT2D eigenvalue weighted by Crippen LogP contribution is -2.28. The Morgan fingerprint density at radius 3 is 2.71 bits per heavy atom. The van der Waals surface area contributed by atoms with Gasteiger partial charge in [-0.2, -0.15) is 0 Å². The van der Waals surface area contributed by atoms with Crippen LogP contribution >= 0.6 is 11.6 Å². The Balaban J connectivity index is 2.52. The molecule has 0 N–H and O–H groups in total. The van der Waals surface area contributed by atoms with Crippen molar-refractivity contribution >= 4 is 11.6 Å². The molecule has 17 heavy (non-hydrogen) atoms. The third-order valence-corrected chi connectivity index (χ3v) is 2.91. The maximum absolute atomic E-state index is 13.7. The van der Waals surface area contributed by atoms with Gasteiger partial charge in [-0.3, -0.25) is 0 Å². The lowest BCUT2D eigenvalue weighted by molar-refractivity contribution is 0.211. The number of likely N-dealkylation sites (N-methyl/N-ethyl adjacent to an activating group) is 1. The molecule has 0 saturated carbocycles. The molecule has 0 unspecified atom stereocenters. The van der Waals surface area contributed by atoms with E-state index in [1.54, 1.807) is 6.07 Å². The number of pyridine rings is 1. The van der Waals surface area contributed by atoms with Gasteiger partial charge in [0.2, 0.25) is 0 Å². The zero-order valence-electron chi connectivity index (χ0n) is 10.2. The summed E-state index contributed by atoms with van der Waals surface area (Å²) in [6.07, 6.45) is 1.51. The molecule has 0 aromatic carbocycles. The van der Waals surface area contributed by atoms with Crippen LogP contribution in [0.2, 0.25) is 0 Å². The van der Waals surface area contributed by atoms with E-state index < -0.39 is 5.82 Å². The molecule has 0 fully saturated rings. The van der Waals surface area contributed by atoms with Gasteiger partial charge in [-0.25, -0.2) is 9.37 Å². The molecule has 1 rings (SSSR count). The Hall–Kier alpha value is -0.870. The number of rotatable bonds is 7. The van der Waals surface area contributed by atoms with E-state index in [1.165, 1.54) is 6.20 Å². The number of hydrogen-bond donors (Lipinski definition) is 0. The van der Waals surface area contributed by atoms with E-state index in [4.69, 9.17) is 16.3 Å². The van der Waals surface area contributed by atoms with Crippen molar-refractivity contribution in [3.05, 3.63) is 23.6 Å². The Morgan fingerprint density at radius 1 is 1.41 bits per heavy atom. The number of ether oxygens (including phenoxy) is 1. The van der Waals surface area contributed by atoms with E-state index in [2.05, 4.69) is 23.7 Å². The van der Waals surface area contributed by atoms with Gasteiger partial charge in [-0.15, -0.1) is 11.6 Å². The summed E-state index contributed by atoms with van der Waals surface area (Å²) in [5.41, 5.74) is 0.416. The fourth-order valence-electron chi connectivity index (χ4n) is 1.48. The number of aromatic nitrogens is 1. The largest absolute Gasteiger partial charge is 0.474 e. The molecule has 0 bridgehead atoms. The molecule has 0 aliphatic carbocycles. The molecule has 0 spiro atoms. The Bertz CT molecular complexity index is 345. The smallest absolute Gasteiger partial charge is 0.250 e. The van der Waals surface area contributed by atoms with Crippen LogP contribution in [0.15, 0.2) is 12.3 Å². The van der Waals surface area contributed by atoms with Gasteiger partial charge in [0.15, 0.2) is 5.82 Å². The average Bonchev–Trinajstić information content (AvgIpc) is 2.36. The molecule has 1 heterocycles. The zero-order chi connectivity index (χ0) is 12.7. The summed E-state index contributed by atoms with van der Waals surface area (Å²) in [6.45, 7) is 7.26. The van der Waals surface area contributed by atoms with Gasteiger partial charge < -0.3 is 9.64 Å². The van der Waals surface area contributed by atoms with Crippen molar-refractivity contribution in [1.29, 1.82) is 0 Å². The van der Waals surface area contributed by atoms with Crippen molar-refractivity contribution in [3.8, 4) is 5.88 Å². The van der Waals surface area contributed by atoms with E-state index >= 15 is 0 Å². The molecule has 0 amide bonds. The maximum Gasteiger partial charge on any atom is 0.250 e. The van der Waals surface area contributed by atoms with Crippen LogP contribution < -0.4 is 4.74 Å². The molecule has 0 atom stereocenters. The minimum absolute atomic E-state index is 0.0373. The van der Waals surface area contributed by atoms with Crippen molar-refractivity contribution in [2.24, 2.45) is 0 Å². The minimum atomic E-state index is -0.456. The first-order valence-electron chi connectivity index (χ1n) is 5.77. The third-order valence-electron chi connectivity index (χ3n) is 2.62. The zero-order valence-corrected chi connectivity index (χ0v) is 11.0. The molecular weight excluding hydrogens is 243 g/mol. The highest BCUT2D eigenvalue weighted by atomic mass is 35.5. The molecule has 0 aliphatic rings. The normalized spacial score (nSPS) is 10.9. The fourth-order valence-corrected chi connectivity index (χ4v) is 1.68. The lowest BCUT2D eigenvalue weighted by atomic mass is 10.3. The van der Waals surface area contributed by atoms with Gasteiger partial charge in [0, 0.05) is 18.3 Å². The van der Waals surface area contributed by atoms with Crippen molar-refractivity contribution in [2.75, 3.05) is 26.2 Å². The second-order valence-electron chi connectivity index (χ2n) is 3.60. The molecule has 5 heteroatoms. The second-order valence-corrected chi connectivity index (χ2v) is 3.87. The van der Waals surface area contributed by atoms with Crippen LogP contribution in [0.1, 0.15) is 19.4 Å². The highest BCUT2D eigenvalue weighted by Crippen LogP contribution is 2.18. The van der Waals surface area contributed by atoms with Gasteiger partial charge in [0.1, 0.15) is 6.61 Å². The molecule has 1 aromatic rings. The lowest BCUT2D eigenvalue weighted by Gasteiger charge is -2.17. The van der Waals surface area contributed by atoms with Crippen LogP contribution in [-0.4, -0.2) is 36.1 Å². The number of hydrogen-bond acceptors (Lipinski definition) is 3. The first-order chi connectivity index (χ1) is 8.22. The first kappa shape index (κ1) is 14.2. The van der Waals surface area contributed by atoms with Crippen molar-refractivity contribution in [2.45, 2.75) is 19.7 Å². The molecule has 0 aliphatic heterocycles. The van der Waals surface area contributed by atoms with Crippen molar-refractivity contribution in [3.63, 3.8) is 0 Å². The Labute approximate surface area is 107 Å². The summed E-state index contributed by atoms with van der Waals surface area (Å²) in [7, 11) is 0. The standard InChI is InChI=1S/C12H18ClFN2O/c1-3-16(4-2)7-8-17-12-11(14)10(9-13)5-6-15-12/h5-6H,3-4,7-9H2,1-2H3. The van der Waals surface area contributed by atoms with Crippen molar-refractivity contribution < 1.29 is 9.13 Å². The number of alkyl halides is 1. The van der Waals surface area contributed by atoms with Crippen LogP contribution in [0.25, 0.3) is 0 Å². The molecular formula is C12H18ClFN2O. The van der Waals surface area contributed by atoms with Crippen LogP contribution in [0.4, 0.5) is 4.39 Å². The van der Waals surface area contributed by atoms with Gasteiger partial charge >= 0.3 is 0 Å². The van der Waals surface area contributed by atoms with Gasteiger partial charge in [-0.1, -0.05) is 13.8 Å². The summed E-state index contributed by atoms with van der Waals surface area (Å²) < 4.78 is 19.0. The monoisotopic (exact) mass is 260 g/mol. The third kappa shape index (κ3) is 4.13. The highest BCUT2D eigenvalue weighted by Gasteiger charge is 2.10. The summed E-state index contributed by atoms with van der Waals surface area (Å²) in [5, 5.41) is 0. The van der Waals surface area contributed by atoms with Crippen molar-refractivity contribution in [1.82, 2.24) is 9.88 Å². The van der Waals surface area contributed by atoms with E-state index in [-0.39, 0.29) is 11.8 Å². The van der Waals surface area contributed by atoms with E-state index in [0.717, 1.165) is 19.6 Å². The number of nitrogens with zero attached hydrogens (tertiary/aromatic N) is 2. The maximum atomic E-state index is 13.7. The molecule has 0 radical (unpaired) electrons. The van der Waals surface area contributed by atoms with Crippen LogP contribution in [0.3, 0.4) is 0 Å². The van der Waals surface area contributed by atoms with E-state index in [1.807, 2.05) is 0 Å². The van der Waals surface area contributed by atoms with E-state index in [0.29, 0.717) is 12.2 Å². The minimum Gasteiger partial charge on any atom is -0.474 e. The van der Waals surface area contributed by atoms with Gasteiger partial charge in [-0.05, 0) is 19.2 Å². The van der Waals surface area contributed by atoms with E-state index in [9.17, 15) is 4.39 Å². The molecule has 1 aromatic heterocycles. The molecule has 3 nitrogen and oxygen atoms in total. The van der Waals surface area contributed by atoms with Crippen LogP contribution in [-0.2, 0) is 5.88 Å². The second kappa shape index (κ2) is 7.45. The van der Waals surface area contributed by atoms with Gasteiger partial charge in [0.25, 0.3) is 5.88 Å². The quantitative estimate of drug-likeness (QED) is 0.705. The topological polar surface area (TPSA) is 25.4 Å². The molecule has 96 valence electrons. The first-order valence-corrected chi connectivity index (χ1v) is 6.30. The van der Waals surface area contributed by atoms with Crippen LogP contribution in [0, 0.1) is 5.82 Å². The Kier molecular flexibility index (Phi) is 6.22. The summed E-state index contributed by atoms with van der Waals surface area (Å²) >= 11 is 5.60. The highest BCUT2D eigenvalue weighted by molar-refractivity contribution is 6.17. The predicted octanol–water partition coefficient (Wildman–Crippen LogP) is 2.68. The molecule has 0 saturated heterocycles. The van der Waals surface area contributed by atoms with Crippen LogP contribution in [0.5, 0.6) is 5.88 Å². The fraction of sp³-hybridized carbons (Fsp3) is 0.583. The number of halogens is 2. The Morgan fingerprint density at radius 2 is 2.12 bits per heavy atom.